The molecule has 0 radical (unpaired) electrons. The van der Waals surface area contributed by atoms with Crippen LogP contribution in [-0.2, 0) is 16.1 Å². The van der Waals surface area contributed by atoms with Gasteiger partial charge < -0.3 is 10.1 Å². The smallest absolute Gasteiger partial charge is 0.403 e. The predicted octanol–water partition coefficient (Wildman–Crippen LogP) is 2.32. The van der Waals surface area contributed by atoms with E-state index in [0.717, 1.165) is 12.1 Å². The third-order valence-corrected chi connectivity index (χ3v) is 2.25. The van der Waals surface area contributed by atoms with Gasteiger partial charge in [-0.3, -0.25) is 9.59 Å². The topological polar surface area (TPSA) is 55.4 Å². The van der Waals surface area contributed by atoms with Gasteiger partial charge in [-0.25, -0.2) is 4.39 Å². The molecule has 0 saturated carbocycles. The number of hydrogen-bond donors (Lipinski definition) is 1. The monoisotopic (exact) mass is 293 g/mol. The summed E-state index contributed by atoms with van der Waals surface area (Å²) in [6.07, 6.45) is -5.00. The van der Waals surface area contributed by atoms with E-state index in [1.165, 1.54) is 13.0 Å². The Morgan fingerprint density at radius 3 is 2.50 bits per heavy atom. The fourth-order valence-electron chi connectivity index (χ4n) is 1.30. The van der Waals surface area contributed by atoms with Gasteiger partial charge in [0.2, 0.25) is 5.78 Å². The van der Waals surface area contributed by atoms with Crippen LogP contribution in [0.15, 0.2) is 18.2 Å². The Bertz CT molecular complexity index is 514. The van der Waals surface area contributed by atoms with Crippen molar-refractivity contribution >= 4 is 11.7 Å². The van der Waals surface area contributed by atoms with Gasteiger partial charge >= 0.3 is 6.36 Å². The van der Waals surface area contributed by atoms with Crippen LogP contribution in [0.2, 0.25) is 0 Å². The zero-order valence-electron chi connectivity index (χ0n) is 10.4. The van der Waals surface area contributed by atoms with Crippen molar-refractivity contribution in [2.45, 2.75) is 26.3 Å². The highest BCUT2D eigenvalue weighted by atomic mass is 19.4. The summed E-state index contributed by atoms with van der Waals surface area (Å²) in [4.78, 5) is 22.2. The number of hydrogen-bond acceptors (Lipinski definition) is 3. The molecule has 4 nitrogen and oxygen atoms in total. The fraction of sp³-hybridized carbons (Fsp3) is 0.333. The molecule has 0 bridgehead atoms. The Morgan fingerprint density at radius 1 is 1.30 bits per heavy atom. The standard InChI is InChI=1S/C12H11F4NO3/c1-2-9(18)11(19)17-6-7-3-4-8(13)10(5-7)20-12(14,15)16/h3-5H,2,6H2,1H3,(H,17,19). The van der Waals surface area contributed by atoms with Gasteiger partial charge in [0.05, 0.1) is 0 Å². The number of amides is 1. The van der Waals surface area contributed by atoms with Gasteiger partial charge in [-0.05, 0) is 17.7 Å². The number of nitrogens with one attached hydrogen (secondary N) is 1. The van der Waals surface area contributed by atoms with Crippen LogP contribution >= 0.6 is 0 Å². The Hall–Kier alpha value is -2.12. The van der Waals surface area contributed by atoms with Gasteiger partial charge in [0.25, 0.3) is 5.91 Å². The molecule has 0 fully saturated rings. The van der Waals surface area contributed by atoms with Gasteiger partial charge in [0, 0.05) is 13.0 Å². The van der Waals surface area contributed by atoms with Crippen LogP contribution in [0, 0.1) is 5.82 Å². The molecule has 20 heavy (non-hydrogen) atoms. The first-order chi connectivity index (χ1) is 9.23. The maximum atomic E-state index is 13.1. The van der Waals surface area contributed by atoms with Gasteiger partial charge in [-0.1, -0.05) is 13.0 Å². The normalized spacial score (nSPS) is 11.1. The molecule has 1 aromatic rings. The third-order valence-electron chi connectivity index (χ3n) is 2.25. The molecular weight excluding hydrogens is 282 g/mol. The highest BCUT2D eigenvalue weighted by Crippen LogP contribution is 2.26. The van der Waals surface area contributed by atoms with Crippen LogP contribution in [0.25, 0.3) is 0 Å². The molecule has 110 valence electrons. The van der Waals surface area contributed by atoms with E-state index in [9.17, 15) is 27.2 Å². The molecule has 0 spiro atoms. The minimum atomic E-state index is -5.01. The Labute approximate surface area is 111 Å². The first-order valence-corrected chi connectivity index (χ1v) is 5.58. The Balaban J connectivity index is 2.75. The second kappa shape index (κ2) is 6.36. The summed E-state index contributed by atoms with van der Waals surface area (Å²) in [6, 6.07) is 2.76. The highest BCUT2D eigenvalue weighted by Gasteiger charge is 2.32. The SMILES string of the molecule is CCC(=O)C(=O)NCc1ccc(F)c(OC(F)(F)F)c1. The summed E-state index contributed by atoms with van der Waals surface area (Å²) in [5.74, 6) is -3.68. The zero-order valence-corrected chi connectivity index (χ0v) is 10.4. The zero-order chi connectivity index (χ0) is 15.3. The molecule has 1 N–H and O–H groups in total. The van der Waals surface area contributed by atoms with Crippen LogP contribution in [0.4, 0.5) is 17.6 Å². The summed E-state index contributed by atoms with van der Waals surface area (Å²) < 4.78 is 52.7. The maximum Gasteiger partial charge on any atom is 0.573 e. The minimum absolute atomic E-state index is 0.0116. The lowest BCUT2D eigenvalue weighted by atomic mass is 10.2. The van der Waals surface area contributed by atoms with Crippen molar-refractivity contribution in [2.75, 3.05) is 0 Å². The van der Waals surface area contributed by atoms with E-state index in [4.69, 9.17) is 0 Å². The molecule has 1 rings (SSSR count). The van der Waals surface area contributed by atoms with Crippen LogP contribution in [-0.4, -0.2) is 18.1 Å². The molecule has 0 atom stereocenters. The van der Waals surface area contributed by atoms with Gasteiger partial charge in [0.15, 0.2) is 11.6 Å². The minimum Gasteiger partial charge on any atom is -0.403 e. The van der Waals surface area contributed by atoms with E-state index >= 15 is 0 Å². The molecule has 8 heteroatoms. The van der Waals surface area contributed by atoms with Crippen LogP contribution in [0.5, 0.6) is 5.75 Å². The van der Waals surface area contributed by atoms with Crippen molar-refractivity contribution in [1.82, 2.24) is 5.32 Å². The van der Waals surface area contributed by atoms with E-state index in [0.29, 0.717) is 0 Å². The molecule has 0 aromatic heterocycles. The lowest BCUT2D eigenvalue weighted by molar-refractivity contribution is -0.275. The Kier molecular flexibility index (Phi) is 5.06. The first-order valence-electron chi connectivity index (χ1n) is 5.58. The first kappa shape index (κ1) is 15.9. The van der Waals surface area contributed by atoms with E-state index in [-0.39, 0.29) is 18.5 Å². The van der Waals surface area contributed by atoms with Crippen molar-refractivity contribution in [3.8, 4) is 5.75 Å². The van der Waals surface area contributed by atoms with Crippen molar-refractivity contribution in [1.29, 1.82) is 0 Å². The second-order valence-corrected chi connectivity index (χ2v) is 3.77. The summed E-state index contributed by atoms with van der Waals surface area (Å²) >= 11 is 0. The predicted molar refractivity (Wildman–Crippen MR) is 60.2 cm³/mol. The number of alkyl halides is 3. The van der Waals surface area contributed by atoms with E-state index in [2.05, 4.69) is 10.1 Å². The van der Waals surface area contributed by atoms with Crippen LogP contribution in [0.3, 0.4) is 0 Å². The largest absolute Gasteiger partial charge is 0.573 e. The van der Waals surface area contributed by atoms with Crippen molar-refractivity contribution in [2.24, 2.45) is 0 Å². The van der Waals surface area contributed by atoms with Crippen molar-refractivity contribution in [3.05, 3.63) is 29.6 Å². The summed E-state index contributed by atoms with van der Waals surface area (Å²) in [5.41, 5.74) is 0.169. The maximum absolute atomic E-state index is 13.1. The van der Waals surface area contributed by atoms with E-state index in [1.807, 2.05) is 0 Å². The summed E-state index contributed by atoms with van der Waals surface area (Å²) in [5, 5.41) is 2.21. The quantitative estimate of drug-likeness (QED) is 0.669. The molecule has 0 aliphatic rings. The number of rotatable bonds is 5. The number of benzene rings is 1. The lowest BCUT2D eigenvalue weighted by Gasteiger charge is -2.11. The average molecular weight is 293 g/mol. The van der Waals surface area contributed by atoms with Crippen LogP contribution in [0.1, 0.15) is 18.9 Å². The number of Topliss-reactive ketones (excluding diaryl/α,β-unsaturated/α-hetero) is 1. The number of carbonyl (C=O) groups is 2. The van der Waals surface area contributed by atoms with E-state index < -0.39 is 29.6 Å². The van der Waals surface area contributed by atoms with Gasteiger partial charge in [-0.2, -0.15) is 0 Å². The fourth-order valence-corrected chi connectivity index (χ4v) is 1.30. The lowest BCUT2D eigenvalue weighted by Crippen LogP contribution is -2.30. The molecule has 0 aliphatic heterocycles. The van der Waals surface area contributed by atoms with Crippen LogP contribution < -0.4 is 10.1 Å². The Morgan fingerprint density at radius 2 is 1.95 bits per heavy atom. The third kappa shape index (κ3) is 4.87. The number of ketones is 1. The average Bonchev–Trinajstić information content (AvgIpc) is 2.36. The molecule has 0 saturated heterocycles. The van der Waals surface area contributed by atoms with Gasteiger partial charge in [-0.15, -0.1) is 13.2 Å². The molecule has 0 aliphatic carbocycles. The molecule has 0 unspecified atom stereocenters. The number of halogens is 4. The molecule has 0 heterocycles. The number of ether oxygens (including phenoxy) is 1. The molecule has 1 aromatic carbocycles. The number of carbonyl (C=O) groups excluding carboxylic acids is 2. The highest BCUT2D eigenvalue weighted by molar-refractivity contribution is 6.35. The summed E-state index contributed by atoms with van der Waals surface area (Å²) in [7, 11) is 0. The molecule has 1 amide bonds. The second-order valence-electron chi connectivity index (χ2n) is 3.77. The summed E-state index contributed by atoms with van der Waals surface area (Å²) in [6.45, 7) is 1.29. The van der Waals surface area contributed by atoms with Crippen molar-refractivity contribution in [3.63, 3.8) is 0 Å². The molecular formula is C12H11F4NO3. The van der Waals surface area contributed by atoms with Gasteiger partial charge in [0.1, 0.15) is 0 Å². The van der Waals surface area contributed by atoms with E-state index in [1.54, 1.807) is 0 Å². The van der Waals surface area contributed by atoms with Crippen molar-refractivity contribution < 1.29 is 31.9 Å².